The predicted octanol–water partition coefficient (Wildman–Crippen LogP) is 1.99. The molecule has 0 aromatic carbocycles. The number of halogens is 1. The van der Waals surface area contributed by atoms with Crippen molar-refractivity contribution in [2.24, 2.45) is 5.92 Å². The van der Waals surface area contributed by atoms with E-state index in [1.807, 2.05) is 4.68 Å². The predicted molar refractivity (Wildman–Crippen MR) is 49.5 cm³/mol. The van der Waals surface area contributed by atoms with E-state index < -0.39 is 0 Å². The highest BCUT2D eigenvalue weighted by molar-refractivity contribution is 6.32. The Balaban J connectivity index is 2.24. The fourth-order valence-electron chi connectivity index (χ4n) is 1.50. The quantitative estimate of drug-likeness (QED) is 0.725. The van der Waals surface area contributed by atoms with Crippen molar-refractivity contribution in [3.8, 4) is 0 Å². The van der Waals surface area contributed by atoms with Crippen molar-refractivity contribution in [1.82, 2.24) is 9.78 Å². The molecule has 1 atom stereocenters. The highest BCUT2D eigenvalue weighted by Gasteiger charge is 2.18. The van der Waals surface area contributed by atoms with Crippen molar-refractivity contribution >= 4 is 17.4 Å². The van der Waals surface area contributed by atoms with Crippen LogP contribution in [0.4, 0.5) is 5.82 Å². The second kappa shape index (κ2) is 2.98. The molecule has 1 aromatic rings. The van der Waals surface area contributed by atoms with Crippen molar-refractivity contribution in [1.29, 1.82) is 0 Å². The number of nitrogens with one attached hydrogen (secondary N) is 1. The third-order valence-electron chi connectivity index (χ3n) is 2.36. The summed E-state index contributed by atoms with van der Waals surface area (Å²) >= 11 is 5.90. The molecule has 3 nitrogen and oxygen atoms in total. The second-order valence-electron chi connectivity index (χ2n) is 3.18. The molecule has 2 heterocycles. The number of hydrogen-bond donors (Lipinski definition) is 1. The van der Waals surface area contributed by atoms with Crippen LogP contribution < -0.4 is 5.32 Å². The van der Waals surface area contributed by atoms with Crippen molar-refractivity contribution in [2.75, 3.05) is 11.9 Å². The van der Waals surface area contributed by atoms with Crippen LogP contribution in [-0.4, -0.2) is 16.3 Å². The van der Waals surface area contributed by atoms with Crippen LogP contribution in [0.2, 0.25) is 5.02 Å². The van der Waals surface area contributed by atoms with E-state index in [-0.39, 0.29) is 0 Å². The summed E-state index contributed by atoms with van der Waals surface area (Å²) in [5.74, 6) is 1.66. The first-order valence-electron chi connectivity index (χ1n) is 4.26. The normalized spacial score (nSPS) is 21.7. The van der Waals surface area contributed by atoms with Gasteiger partial charge in [0.25, 0.3) is 0 Å². The summed E-state index contributed by atoms with van der Waals surface area (Å²) in [5, 5.41) is 8.18. The molecule has 1 N–H and O–H groups in total. The number of nitrogens with zero attached hydrogens (tertiary/aromatic N) is 2. The highest BCUT2D eigenvalue weighted by Crippen LogP contribution is 2.26. The Morgan fingerprint density at radius 1 is 1.83 bits per heavy atom. The van der Waals surface area contributed by atoms with Crippen LogP contribution >= 0.6 is 11.6 Å². The minimum Gasteiger partial charge on any atom is -0.369 e. The minimum atomic E-state index is 0.688. The monoisotopic (exact) mass is 185 g/mol. The molecule has 12 heavy (non-hydrogen) atoms. The average Bonchev–Trinajstić information content (AvgIpc) is 2.47. The summed E-state index contributed by atoms with van der Waals surface area (Å²) in [6.07, 6.45) is 2.88. The lowest BCUT2D eigenvalue weighted by molar-refractivity contribution is 0.404. The van der Waals surface area contributed by atoms with E-state index in [0.717, 1.165) is 23.9 Å². The first kappa shape index (κ1) is 7.92. The molecule has 0 amide bonds. The van der Waals surface area contributed by atoms with Gasteiger partial charge in [-0.3, -0.25) is 0 Å². The van der Waals surface area contributed by atoms with Crippen LogP contribution in [0.1, 0.15) is 13.3 Å². The van der Waals surface area contributed by atoms with Crippen molar-refractivity contribution in [3.05, 3.63) is 11.2 Å². The molecule has 1 aliphatic rings. The summed E-state index contributed by atoms with van der Waals surface area (Å²) in [6.45, 7) is 4.20. The summed E-state index contributed by atoms with van der Waals surface area (Å²) in [4.78, 5) is 0. The van der Waals surface area contributed by atoms with Gasteiger partial charge in [-0.05, 0) is 12.3 Å². The maximum atomic E-state index is 5.90. The number of hydrogen-bond acceptors (Lipinski definition) is 2. The summed E-state index contributed by atoms with van der Waals surface area (Å²) < 4.78 is 1.94. The Morgan fingerprint density at radius 3 is 3.42 bits per heavy atom. The van der Waals surface area contributed by atoms with Crippen LogP contribution in [-0.2, 0) is 6.54 Å². The topological polar surface area (TPSA) is 29.9 Å². The van der Waals surface area contributed by atoms with Crippen LogP contribution in [0, 0.1) is 5.92 Å². The molecule has 1 unspecified atom stereocenters. The van der Waals surface area contributed by atoms with E-state index in [4.69, 9.17) is 11.6 Å². The van der Waals surface area contributed by atoms with Gasteiger partial charge in [0.1, 0.15) is 10.8 Å². The maximum absolute atomic E-state index is 5.90. The molecule has 1 aromatic heterocycles. The maximum Gasteiger partial charge on any atom is 0.143 e. The van der Waals surface area contributed by atoms with Gasteiger partial charge in [0.05, 0.1) is 6.20 Å². The average molecular weight is 186 g/mol. The molecule has 4 heteroatoms. The van der Waals surface area contributed by atoms with Gasteiger partial charge < -0.3 is 5.32 Å². The first-order valence-corrected chi connectivity index (χ1v) is 4.64. The van der Waals surface area contributed by atoms with Gasteiger partial charge in [0, 0.05) is 13.1 Å². The van der Waals surface area contributed by atoms with E-state index in [2.05, 4.69) is 17.3 Å². The van der Waals surface area contributed by atoms with Crippen LogP contribution in [0.3, 0.4) is 0 Å². The fraction of sp³-hybridized carbons (Fsp3) is 0.625. The Kier molecular flexibility index (Phi) is 1.97. The molecule has 0 bridgehead atoms. The smallest absolute Gasteiger partial charge is 0.143 e. The Hall–Kier alpha value is -0.700. The van der Waals surface area contributed by atoms with E-state index in [9.17, 15) is 0 Å². The molecule has 2 rings (SSSR count). The van der Waals surface area contributed by atoms with Crippen LogP contribution in [0.5, 0.6) is 0 Å². The molecule has 0 saturated carbocycles. The largest absolute Gasteiger partial charge is 0.369 e. The number of aromatic nitrogens is 2. The van der Waals surface area contributed by atoms with Gasteiger partial charge in [-0.1, -0.05) is 18.5 Å². The van der Waals surface area contributed by atoms with E-state index in [0.29, 0.717) is 5.92 Å². The van der Waals surface area contributed by atoms with Gasteiger partial charge in [0.15, 0.2) is 0 Å². The lowest BCUT2D eigenvalue weighted by atomic mass is 10.1. The summed E-state index contributed by atoms with van der Waals surface area (Å²) in [5.41, 5.74) is 0. The molecule has 1 aliphatic heterocycles. The van der Waals surface area contributed by atoms with Gasteiger partial charge in [-0.25, -0.2) is 4.68 Å². The highest BCUT2D eigenvalue weighted by atomic mass is 35.5. The van der Waals surface area contributed by atoms with E-state index in [1.54, 1.807) is 6.20 Å². The van der Waals surface area contributed by atoms with Gasteiger partial charge >= 0.3 is 0 Å². The second-order valence-corrected chi connectivity index (χ2v) is 3.59. The zero-order valence-corrected chi connectivity index (χ0v) is 7.80. The third-order valence-corrected chi connectivity index (χ3v) is 2.64. The third kappa shape index (κ3) is 1.18. The first-order chi connectivity index (χ1) is 5.81. The molecule has 66 valence electrons. The number of anilines is 1. The summed E-state index contributed by atoms with van der Waals surface area (Å²) in [6, 6.07) is 0. The Bertz CT molecular complexity index is 282. The van der Waals surface area contributed by atoms with Gasteiger partial charge in [-0.2, -0.15) is 5.10 Å². The lowest BCUT2D eigenvalue weighted by Gasteiger charge is -2.23. The SMILES string of the molecule is CCC1CNc2c(Cl)cnn2C1. The fourth-order valence-corrected chi connectivity index (χ4v) is 1.71. The molecular formula is C8H12ClN3. The molecule has 0 aliphatic carbocycles. The molecular weight excluding hydrogens is 174 g/mol. The van der Waals surface area contributed by atoms with Gasteiger partial charge in [0.2, 0.25) is 0 Å². The van der Waals surface area contributed by atoms with Gasteiger partial charge in [-0.15, -0.1) is 0 Å². The standard InChI is InChI=1S/C8H12ClN3/c1-2-6-3-10-8-7(9)4-11-12(8)5-6/h4,6,10H,2-3,5H2,1H3. The molecule has 0 fully saturated rings. The minimum absolute atomic E-state index is 0.688. The van der Waals surface area contributed by atoms with Crippen molar-refractivity contribution < 1.29 is 0 Å². The number of rotatable bonds is 1. The molecule has 0 saturated heterocycles. The van der Waals surface area contributed by atoms with Crippen molar-refractivity contribution in [3.63, 3.8) is 0 Å². The summed E-state index contributed by atoms with van der Waals surface area (Å²) in [7, 11) is 0. The van der Waals surface area contributed by atoms with Crippen LogP contribution in [0.15, 0.2) is 6.20 Å². The molecule has 0 radical (unpaired) electrons. The zero-order valence-electron chi connectivity index (χ0n) is 7.05. The zero-order chi connectivity index (χ0) is 8.55. The lowest BCUT2D eigenvalue weighted by Crippen LogP contribution is -2.27. The van der Waals surface area contributed by atoms with E-state index >= 15 is 0 Å². The molecule has 0 spiro atoms. The van der Waals surface area contributed by atoms with Crippen molar-refractivity contribution in [2.45, 2.75) is 19.9 Å². The number of fused-ring (bicyclic) bond motifs is 1. The van der Waals surface area contributed by atoms with E-state index in [1.165, 1.54) is 6.42 Å². The Morgan fingerprint density at radius 2 is 2.67 bits per heavy atom. The Labute approximate surface area is 76.7 Å². The van der Waals surface area contributed by atoms with Crippen LogP contribution in [0.25, 0.3) is 0 Å².